The summed E-state index contributed by atoms with van der Waals surface area (Å²) < 4.78 is 5.40. The van der Waals surface area contributed by atoms with Gasteiger partial charge in [0.2, 0.25) is 0 Å². The van der Waals surface area contributed by atoms with Gasteiger partial charge in [0.15, 0.2) is 0 Å². The van der Waals surface area contributed by atoms with Crippen LogP contribution in [0, 0.1) is 0 Å². The SMILES string of the molecule is C=CC(=O)OC(CCCCC)CCCCCCC. The fourth-order valence-electron chi connectivity index (χ4n) is 2.07. The van der Waals surface area contributed by atoms with Crippen molar-refractivity contribution in [3.8, 4) is 0 Å². The van der Waals surface area contributed by atoms with Crippen LogP contribution >= 0.6 is 0 Å². The Morgan fingerprint density at radius 1 is 1.00 bits per heavy atom. The molecular weight excluding hydrogens is 224 g/mol. The van der Waals surface area contributed by atoms with Crippen molar-refractivity contribution < 1.29 is 9.53 Å². The molecule has 0 saturated heterocycles. The molecule has 0 aromatic rings. The lowest BCUT2D eigenvalue weighted by Crippen LogP contribution is -2.16. The van der Waals surface area contributed by atoms with Gasteiger partial charge >= 0.3 is 5.97 Å². The van der Waals surface area contributed by atoms with E-state index < -0.39 is 0 Å². The summed E-state index contributed by atoms with van der Waals surface area (Å²) in [6.45, 7) is 7.87. The van der Waals surface area contributed by atoms with Crippen LogP contribution in [0.3, 0.4) is 0 Å². The number of carbonyl (C=O) groups is 1. The molecule has 2 nitrogen and oxygen atoms in total. The summed E-state index contributed by atoms with van der Waals surface area (Å²) >= 11 is 0. The Balaban J connectivity index is 3.80. The summed E-state index contributed by atoms with van der Waals surface area (Å²) in [7, 11) is 0. The van der Waals surface area contributed by atoms with Crippen molar-refractivity contribution in [2.24, 2.45) is 0 Å². The summed E-state index contributed by atoms with van der Waals surface area (Å²) in [5, 5.41) is 0. The van der Waals surface area contributed by atoms with Crippen molar-refractivity contribution in [2.45, 2.75) is 84.2 Å². The Morgan fingerprint density at radius 3 is 2.06 bits per heavy atom. The third kappa shape index (κ3) is 10.4. The van der Waals surface area contributed by atoms with Crippen molar-refractivity contribution in [1.82, 2.24) is 0 Å². The average molecular weight is 254 g/mol. The largest absolute Gasteiger partial charge is 0.459 e. The minimum absolute atomic E-state index is 0.101. The van der Waals surface area contributed by atoms with Gasteiger partial charge in [0.1, 0.15) is 6.10 Å². The number of carbonyl (C=O) groups excluding carboxylic acids is 1. The van der Waals surface area contributed by atoms with Gasteiger partial charge in [-0.25, -0.2) is 4.79 Å². The minimum atomic E-state index is -0.273. The number of rotatable bonds is 12. The molecule has 2 heteroatoms. The van der Waals surface area contributed by atoms with Gasteiger partial charge < -0.3 is 4.74 Å². The molecule has 0 aliphatic rings. The van der Waals surface area contributed by atoms with Crippen LogP contribution in [0.1, 0.15) is 78.1 Å². The first-order chi connectivity index (χ1) is 8.74. The number of hydrogen-bond acceptors (Lipinski definition) is 2. The smallest absolute Gasteiger partial charge is 0.330 e. The van der Waals surface area contributed by atoms with E-state index in [2.05, 4.69) is 20.4 Å². The molecule has 0 fully saturated rings. The summed E-state index contributed by atoms with van der Waals surface area (Å²) in [5.41, 5.74) is 0. The molecule has 0 spiro atoms. The van der Waals surface area contributed by atoms with E-state index in [1.54, 1.807) is 0 Å². The summed E-state index contributed by atoms with van der Waals surface area (Å²) in [6, 6.07) is 0. The van der Waals surface area contributed by atoms with E-state index in [1.165, 1.54) is 51.0 Å². The standard InChI is InChI=1S/C16H30O2/c1-4-7-9-10-12-14-15(13-11-8-5-2)18-16(17)6-3/h6,15H,3-5,7-14H2,1-2H3. The maximum absolute atomic E-state index is 11.2. The van der Waals surface area contributed by atoms with E-state index in [-0.39, 0.29) is 12.1 Å². The molecular formula is C16H30O2. The molecule has 18 heavy (non-hydrogen) atoms. The zero-order valence-electron chi connectivity index (χ0n) is 12.2. The second-order valence-electron chi connectivity index (χ2n) is 4.96. The lowest BCUT2D eigenvalue weighted by molar-refractivity contribution is -0.143. The van der Waals surface area contributed by atoms with Crippen LogP contribution in [0.4, 0.5) is 0 Å². The van der Waals surface area contributed by atoms with E-state index in [0.29, 0.717) is 0 Å². The fraction of sp³-hybridized carbons (Fsp3) is 0.812. The summed E-state index contributed by atoms with van der Waals surface area (Å²) in [4.78, 5) is 11.2. The molecule has 0 rings (SSSR count). The molecule has 0 aromatic carbocycles. The highest BCUT2D eigenvalue weighted by Crippen LogP contribution is 2.15. The van der Waals surface area contributed by atoms with Gasteiger partial charge in [-0.05, 0) is 25.7 Å². The molecule has 0 N–H and O–H groups in total. The first-order valence-corrected chi connectivity index (χ1v) is 7.57. The van der Waals surface area contributed by atoms with Crippen molar-refractivity contribution in [3.05, 3.63) is 12.7 Å². The number of unbranched alkanes of at least 4 members (excludes halogenated alkanes) is 6. The van der Waals surface area contributed by atoms with Gasteiger partial charge in [-0.3, -0.25) is 0 Å². The normalized spacial score (nSPS) is 12.1. The van der Waals surface area contributed by atoms with Crippen LogP contribution in [0.5, 0.6) is 0 Å². The topological polar surface area (TPSA) is 26.3 Å². The Morgan fingerprint density at radius 2 is 1.50 bits per heavy atom. The molecule has 0 aliphatic carbocycles. The maximum Gasteiger partial charge on any atom is 0.330 e. The van der Waals surface area contributed by atoms with Crippen molar-refractivity contribution in [2.75, 3.05) is 0 Å². The quantitative estimate of drug-likeness (QED) is 0.277. The predicted octanol–water partition coefficient (Wildman–Crippen LogP) is 5.03. The van der Waals surface area contributed by atoms with Crippen LogP contribution < -0.4 is 0 Å². The Hall–Kier alpha value is -0.790. The molecule has 0 heterocycles. The number of ether oxygens (including phenoxy) is 1. The molecule has 0 amide bonds. The molecule has 1 unspecified atom stereocenters. The van der Waals surface area contributed by atoms with Gasteiger partial charge in [0, 0.05) is 6.08 Å². The van der Waals surface area contributed by atoms with E-state index in [1.807, 2.05) is 0 Å². The predicted molar refractivity (Wildman–Crippen MR) is 77.6 cm³/mol. The highest BCUT2D eigenvalue weighted by atomic mass is 16.5. The van der Waals surface area contributed by atoms with Gasteiger partial charge in [0.25, 0.3) is 0 Å². The second-order valence-corrected chi connectivity index (χ2v) is 4.96. The zero-order chi connectivity index (χ0) is 13.6. The highest BCUT2D eigenvalue weighted by molar-refractivity contribution is 5.81. The molecule has 0 saturated carbocycles. The lowest BCUT2D eigenvalue weighted by atomic mass is 10.0. The van der Waals surface area contributed by atoms with Crippen LogP contribution in [-0.4, -0.2) is 12.1 Å². The molecule has 0 aromatic heterocycles. The number of hydrogen-bond donors (Lipinski definition) is 0. The van der Waals surface area contributed by atoms with E-state index >= 15 is 0 Å². The Bertz CT molecular complexity index is 211. The van der Waals surface area contributed by atoms with Crippen molar-refractivity contribution >= 4 is 5.97 Å². The maximum atomic E-state index is 11.2. The average Bonchev–Trinajstić information content (AvgIpc) is 2.38. The van der Waals surface area contributed by atoms with Gasteiger partial charge in [-0.1, -0.05) is 59.0 Å². The third-order valence-electron chi connectivity index (χ3n) is 3.21. The van der Waals surface area contributed by atoms with Crippen LogP contribution in [0.2, 0.25) is 0 Å². The first kappa shape index (κ1) is 17.2. The summed E-state index contributed by atoms with van der Waals surface area (Å²) in [5.74, 6) is -0.273. The fourth-order valence-corrected chi connectivity index (χ4v) is 2.07. The second kappa shape index (κ2) is 12.7. The molecule has 0 aliphatic heterocycles. The van der Waals surface area contributed by atoms with Crippen molar-refractivity contribution in [1.29, 1.82) is 0 Å². The van der Waals surface area contributed by atoms with Crippen LogP contribution in [-0.2, 0) is 9.53 Å². The first-order valence-electron chi connectivity index (χ1n) is 7.57. The number of esters is 1. The van der Waals surface area contributed by atoms with Gasteiger partial charge in [-0.15, -0.1) is 0 Å². The van der Waals surface area contributed by atoms with Crippen molar-refractivity contribution in [3.63, 3.8) is 0 Å². The van der Waals surface area contributed by atoms with E-state index in [9.17, 15) is 4.79 Å². The monoisotopic (exact) mass is 254 g/mol. The minimum Gasteiger partial charge on any atom is -0.459 e. The van der Waals surface area contributed by atoms with Gasteiger partial charge in [-0.2, -0.15) is 0 Å². The molecule has 1 atom stereocenters. The zero-order valence-corrected chi connectivity index (χ0v) is 12.2. The van der Waals surface area contributed by atoms with Crippen LogP contribution in [0.25, 0.3) is 0 Å². The third-order valence-corrected chi connectivity index (χ3v) is 3.21. The Kier molecular flexibility index (Phi) is 12.1. The molecule has 0 bridgehead atoms. The molecule has 106 valence electrons. The summed E-state index contributed by atoms with van der Waals surface area (Å²) in [6.07, 6.45) is 13.3. The van der Waals surface area contributed by atoms with E-state index in [4.69, 9.17) is 4.74 Å². The van der Waals surface area contributed by atoms with Gasteiger partial charge in [0.05, 0.1) is 0 Å². The van der Waals surface area contributed by atoms with E-state index in [0.717, 1.165) is 19.3 Å². The Labute approximate surface area is 113 Å². The molecule has 0 radical (unpaired) electrons. The highest BCUT2D eigenvalue weighted by Gasteiger charge is 2.11. The van der Waals surface area contributed by atoms with Crippen LogP contribution in [0.15, 0.2) is 12.7 Å². The lowest BCUT2D eigenvalue weighted by Gasteiger charge is -2.16.